The second-order valence-electron chi connectivity index (χ2n) is 5.93. The van der Waals surface area contributed by atoms with Crippen LogP contribution in [-0.4, -0.2) is 74.1 Å². The first-order chi connectivity index (χ1) is 12.3. The van der Waals surface area contributed by atoms with Crippen molar-refractivity contribution >= 4 is 16.0 Å². The van der Waals surface area contributed by atoms with E-state index >= 15 is 0 Å². The van der Waals surface area contributed by atoms with E-state index in [9.17, 15) is 13.2 Å². The lowest BCUT2D eigenvalue weighted by atomic mass is 10.2. The standard InChI is InChI=1S/C17H26N2O6S/c1-4-24-15-7-6-14(12-16(15)25-5-2)26(22,23)19-10-8-18(9-11-19)13(3)17(20)21/h6-7,12-13H,4-5,8-11H2,1-3H3,(H,20,21)/t13-/m1/s1. The Hall–Kier alpha value is -1.84. The van der Waals surface area contributed by atoms with Crippen LogP contribution in [0.1, 0.15) is 20.8 Å². The molecule has 146 valence electrons. The summed E-state index contributed by atoms with van der Waals surface area (Å²) < 4.78 is 38.2. The minimum atomic E-state index is -3.68. The molecule has 9 heteroatoms. The number of carboxylic acid groups (broad SMARTS) is 1. The van der Waals surface area contributed by atoms with E-state index in [2.05, 4.69) is 0 Å². The highest BCUT2D eigenvalue weighted by Crippen LogP contribution is 2.31. The van der Waals surface area contributed by atoms with Crippen molar-refractivity contribution in [3.05, 3.63) is 18.2 Å². The molecule has 1 N–H and O–H groups in total. The van der Waals surface area contributed by atoms with Gasteiger partial charge in [-0.15, -0.1) is 0 Å². The molecule has 0 aromatic heterocycles. The molecule has 1 aliphatic rings. The molecule has 2 rings (SSSR count). The molecule has 0 spiro atoms. The summed E-state index contributed by atoms with van der Waals surface area (Å²) in [5.74, 6) is -0.00358. The fraction of sp³-hybridized carbons (Fsp3) is 0.588. The summed E-state index contributed by atoms with van der Waals surface area (Å²) in [6.45, 7) is 7.37. The van der Waals surface area contributed by atoms with Crippen molar-refractivity contribution in [2.45, 2.75) is 31.7 Å². The lowest BCUT2D eigenvalue weighted by Crippen LogP contribution is -2.53. The Morgan fingerprint density at radius 3 is 2.23 bits per heavy atom. The van der Waals surface area contributed by atoms with Crippen molar-refractivity contribution in [1.29, 1.82) is 0 Å². The van der Waals surface area contributed by atoms with Crippen LogP contribution in [0.25, 0.3) is 0 Å². The molecular weight excluding hydrogens is 360 g/mol. The van der Waals surface area contributed by atoms with Gasteiger partial charge in [-0.1, -0.05) is 0 Å². The zero-order chi connectivity index (χ0) is 19.3. The largest absolute Gasteiger partial charge is 0.490 e. The maximum absolute atomic E-state index is 12.9. The number of rotatable bonds is 8. The van der Waals surface area contributed by atoms with Crippen molar-refractivity contribution in [3.63, 3.8) is 0 Å². The molecule has 1 saturated heterocycles. The van der Waals surface area contributed by atoms with Crippen LogP contribution in [0.4, 0.5) is 0 Å². The van der Waals surface area contributed by atoms with Gasteiger partial charge in [-0.3, -0.25) is 9.69 Å². The van der Waals surface area contributed by atoms with Gasteiger partial charge in [0.15, 0.2) is 11.5 Å². The molecule has 0 radical (unpaired) electrons. The first-order valence-corrected chi connectivity index (χ1v) is 10.1. The SMILES string of the molecule is CCOc1ccc(S(=O)(=O)N2CCN([C@H](C)C(=O)O)CC2)cc1OCC. The minimum absolute atomic E-state index is 0.143. The summed E-state index contributed by atoms with van der Waals surface area (Å²) in [6.07, 6.45) is 0. The van der Waals surface area contributed by atoms with Crippen molar-refractivity contribution in [2.24, 2.45) is 0 Å². The monoisotopic (exact) mass is 386 g/mol. The number of carboxylic acids is 1. The molecule has 1 atom stereocenters. The smallest absolute Gasteiger partial charge is 0.320 e. The maximum atomic E-state index is 12.9. The molecule has 26 heavy (non-hydrogen) atoms. The molecule has 8 nitrogen and oxygen atoms in total. The Balaban J connectivity index is 2.17. The maximum Gasteiger partial charge on any atom is 0.320 e. The lowest BCUT2D eigenvalue weighted by Gasteiger charge is -2.35. The van der Waals surface area contributed by atoms with E-state index in [1.165, 1.54) is 16.4 Å². The fourth-order valence-corrected chi connectivity index (χ4v) is 4.27. The number of ether oxygens (including phenoxy) is 2. The average molecular weight is 386 g/mol. The summed E-state index contributed by atoms with van der Waals surface area (Å²) in [5, 5.41) is 9.09. The molecule has 0 unspecified atom stereocenters. The molecule has 0 amide bonds. The topological polar surface area (TPSA) is 96.4 Å². The highest BCUT2D eigenvalue weighted by atomic mass is 32.2. The van der Waals surface area contributed by atoms with Gasteiger partial charge in [0, 0.05) is 32.2 Å². The van der Waals surface area contributed by atoms with Crippen molar-refractivity contribution < 1.29 is 27.8 Å². The molecule has 1 aromatic carbocycles. The number of aliphatic carboxylic acids is 1. The Kier molecular flexibility index (Phi) is 6.85. The van der Waals surface area contributed by atoms with E-state index in [0.29, 0.717) is 37.8 Å². The number of sulfonamides is 1. The van der Waals surface area contributed by atoms with Gasteiger partial charge in [-0.25, -0.2) is 8.42 Å². The van der Waals surface area contributed by atoms with Gasteiger partial charge in [0.1, 0.15) is 6.04 Å². The third-order valence-corrected chi connectivity index (χ3v) is 6.23. The Morgan fingerprint density at radius 2 is 1.69 bits per heavy atom. The Morgan fingerprint density at radius 1 is 1.12 bits per heavy atom. The molecular formula is C17H26N2O6S. The molecule has 0 saturated carbocycles. The van der Waals surface area contributed by atoms with Gasteiger partial charge >= 0.3 is 5.97 Å². The van der Waals surface area contributed by atoms with Gasteiger partial charge in [0.05, 0.1) is 18.1 Å². The van der Waals surface area contributed by atoms with Gasteiger partial charge in [0.25, 0.3) is 0 Å². The molecule has 1 heterocycles. The van der Waals surface area contributed by atoms with Crippen molar-refractivity contribution in [2.75, 3.05) is 39.4 Å². The number of nitrogens with zero attached hydrogens (tertiary/aromatic N) is 2. The second kappa shape index (κ2) is 8.70. The number of hydrogen-bond acceptors (Lipinski definition) is 6. The van der Waals surface area contributed by atoms with Crippen LogP contribution in [0.2, 0.25) is 0 Å². The third kappa shape index (κ3) is 4.46. The van der Waals surface area contributed by atoms with Gasteiger partial charge in [-0.05, 0) is 32.9 Å². The van der Waals surface area contributed by atoms with Crippen LogP contribution in [0.15, 0.2) is 23.1 Å². The Bertz CT molecular complexity index is 729. The fourth-order valence-electron chi connectivity index (χ4n) is 2.83. The van der Waals surface area contributed by atoms with E-state index in [0.717, 1.165) is 0 Å². The average Bonchev–Trinajstić information content (AvgIpc) is 2.63. The minimum Gasteiger partial charge on any atom is -0.490 e. The van der Waals surface area contributed by atoms with Crippen LogP contribution in [-0.2, 0) is 14.8 Å². The third-order valence-electron chi connectivity index (χ3n) is 4.33. The van der Waals surface area contributed by atoms with E-state index in [4.69, 9.17) is 14.6 Å². The number of hydrogen-bond donors (Lipinski definition) is 1. The van der Waals surface area contributed by atoms with E-state index in [1.807, 2.05) is 13.8 Å². The normalized spacial score (nSPS) is 17.7. The van der Waals surface area contributed by atoms with E-state index in [1.54, 1.807) is 17.9 Å². The van der Waals surface area contributed by atoms with Crippen LogP contribution in [0.5, 0.6) is 11.5 Å². The highest BCUT2D eigenvalue weighted by molar-refractivity contribution is 7.89. The summed E-state index contributed by atoms with van der Waals surface area (Å²) in [5.41, 5.74) is 0. The second-order valence-corrected chi connectivity index (χ2v) is 7.87. The predicted octanol–water partition coefficient (Wildman–Crippen LogP) is 1.26. The van der Waals surface area contributed by atoms with Crippen molar-refractivity contribution in [1.82, 2.24) is 9.21 Å². The predicted molar refractivity (Wildman–Crippen MR) is 96.2 cm³/mol. The van der Waals surface area contributed by atoms with Gasteiger partial charge in [0.2, 0.25) is 10.0 Å². The van der Waals surface area contributed by atoms with Crippen LogP contribution < -0.4 is 9.47 Å². The number of carbonyl (C=O) groups is 1. The zero-order valence-electron chi connectivity index (χ0n) is 15.3. The first-order valence-electron chi connectivity index (χ1n) is 8.67. The van der Waals surface area contributed by atoms with Crippen LogP contribution >= 0.6 is 0 Å². The van der Waals surface area contributed by atoms with Gasteiger partial charge in [-0.2, -0.15) is 4.31 Å². The zero-order valence-corrected chi connectivity index (χ0v) is 16.2. The summed E-state index contributed by atoms with van der Waals surface area (Å²) in [4.78, 5) is 13.0. The summed E-state index contributed by atoms with van der Waals surface area (Å²) in [7, 11) is -3.68. The van der Waals surface area contributed by atoms with E-state index in [-0.39, 0.29) is 18.0 Å². The molecule has 1 fully saturated rings. The van der Waals surface area contributed by atoms with E-state index < -0.39 is 22.0 Å². The molecule has 0 bridgehead atoms. The first kappa shape index (κ1) is 20.5. The lowest BCUT2D eigenvalue weighted by molar-refractivity contribution is -0.143. The molecule has 0 aliphatic carbocycles. The quantitative estimate of drug-likeness (QED) is 0.718. The Labute approximate surface area is 154 Å². The highest BCUT2D eigenvalue weighted by Gasteiger charge is 2.32. The van der Waals surface area contributed by atoms with Crippen LogP contribution in [0.3, 0.4) is 0 Å². The number of benzene rings is 1. The van der Waals surface area contributed by atoms with Gasteiger partial charge < -0.3 is 14.6 Å². The van der Waals surface area contributed by atoms with Crippen LogP contribution in [0, 0.1) is 0 Å². The summed E-state index contributed by atoms with van der Waals surface area (Å²) in [6, 6.07) is 3.96. The van der Waals surface area contributed by atoms with Crippen molar-refractivity contribution in [3.8, 4) is 11.5 Å². The summed E-state index contributed by atoms with van der Waals surface area (Å²) >= 11 is 0. The molecule has 1 aliphatic heterocycles. The molecule has 1 aromatic rings. The number of piperazine rings is 1.